The molecule has 0 atom stereocenters. The van der Waals surface area contributed by atoms with E-state index in [0.717, 1.165) is 22.7 Å². The maximum absolute atomic E-state index is 4.40. The monoisotopic (exact) mass is 207 g/mol. The molecule has 0 amide bonds. The van der Waals surface area contributed by atoms with Crippen molar-refractivity contribution < 1.29 is 0 Å². The van der Waals surface area contributed by atoms with Crippen LogP contribution in [0.1, 0.15) is 13.8 Å². The predicted molar refractivity (Wildman–Crippen MR) is 60.7 cm³/mol. The Bertz CT molecular complexity index is 422. The predicted octanol–water partition coefficient (Wildman–Crippen LogP) is 2.76. The number of thiophene rings is 1. The maximum Gasteiger partial charge on any atom is 0.223 e. The van der Waals surface area contributed by atoms with E-state index in [1.165, 1.54) is 0 Å². The van der Waals surface area contributed by atoms with Crippen molar-refractivity contribution in [2.24, 2.45) is 5.92 Å². The summed E-state index contributed by atoms with van der Waals surface area (Å²) in [6.45, 7) is 5.24. The number of hydrogen-bond donors (Lipinski definition) is 1. The molecule has 14 heavy (non-hydrogen) atoms. The second-order valence-corrected chi connectivity index (χ2v) is 4.59. The molecule has 4 heteroatoms. The average molecular weight is 207 g/mol. The number of nitrogens with zero attached hydrogens (tertiary/aromatic N) is 2. The SMILES string of the molecule is CC(C)CNc1ncc2sccc2n1. The number of aromatic nitrogens is 2. The minimum Gasteiger partial charge on any atom is -0.354 e. The van der Waals surface area contributed by atoms with Gasteiger partial charge in [0.15, 0.2) is 0 Å². The summed E-state index contributed by atoms with van der Waals surface area (Å²) in [7, 11) is 0. The zero-order chi connectivity index (χ0) is 9.97. The van der Waals surface area contributed by atoms with Gasteiger partial charge in [0.25, 0.3) is 0 Å². The highest BCUT2D eigenvalue weighted by atomic mass is 32.1. The van der Waals surface area contributed by atoms with Gasteiger partial charge in [-0.05, 0) is 17.4 Å². The maximum atomic E-state index is 4.40. The van der Waals surface area contributed by atoms with Gasteiger partial charge in [-0.1, -0.05) is 13.8 Å². The van der Waals surface area contributed by atoms with Gasteiger partial charge in [0, 0.05) is 6.54 Å². The highest BCUT2D eigenvalue weighted by Gasteiger charge is 2.00. The highest BCUT2D eigenvalue weighted by Crippen LogP contribution is 2.18. The molecule has 0 saturated carbocycles. The van der Waals surface area contributed by atoms with Crippen molar-refractivity contribution in [2.45, 2.75) is 13.8 Å². The van der Waals surface area contributed by atoms with Crippen molar-refractivity contribution in [1.82, 2.24) is 9.97 Å². The molecule has 0 radical (unpaired) electrons. The second kappa shape index (κ2) is 3.92. The Kier molecular flexibility index (Phi) is 2.63. The lowest BCUT2D eigenvalue weighted by atomic mass is 10.2. The van der Waals surface area contributed by atoms with Gasteiger partial charge in [0.1, 0.15) is 0 Å². The molecule has 0 saturated heterocycles. The summed E-state index contributed by atoms with van der Waals surface area (Å²) in [5.41, 5.74) is 1.02. The molecule has 0 fully saturated rings. The Balaban J connectivity index is 2.17. The van der Waals surface area contributed by atoms with Crippen LogP contribution in [0.4, 0.5) is 5.95 Å². The standard InChI is InChI=1S/C10H13N3S/c1-7(2)5-11-10-12-6-9-8(13-10)3-4-14-9/h3-4,6-7H,5H2,1-2H3,(H,11,12,13). The lowest BCUT2D eigenvalue weighted by molar-refractivity contribution is 0.685. The van der Waals surface area contributed by atoms with Crippen molar-refractivity contribution >= 4 is 27.5 Å². The van der Waals surface area contributed by atoms with Crippen LogP contribution in [-0.4, -0.2) is 16.5 Å². The Hall–Kier alpha value is -1.16. The molecule has 0 aromatic carbocycles. The van der Waals surface area contributed by atoms with Crippen molar-refractivity contribution in [2.75, 3.05) is 11.9 Å². The minimum absolute atomic E-state index is 0.608. The van der Waals surface area contributed by atoms with Crippen molar-refractivity contribution in [3.8, 4) is 0 Å². The van der Waals surface area contributed by atoms with Crippen LogP contribution in [0.2, 0.25) is 0 Å². The Morgan fingerprint density at radius 1 is 1.50 bits per heavy atom. The van der Waals surface area contributed by atoms with Crippen LogP contribution in [0, 0.1) is 5.92 Å². The summed E-state index contributed by atoms with van der Waals surface area (Å²) >= 11 is 1.67. The molecular formula is C10H13N3S. The van der Waals surface area contributed by atoms with E-state index in [0.29, 0.717) is 5.92 Å². The minimum atomic E-state index is 0.608. The number of hydrogen-bond acceptors (Lipinski definition) is 4. The van der Waals surface area contributed by atoms with Crippen LogP contribution in [-0.2, 0) is 0 Å². The van der Waals surface area contributed by atoms with E-state index in [2.05, 4.69) is 29.1 Å². The average Bonchev–Trinajstić information content (AvgIpc) is 2.61. The number of anilines is 1. The number of nitrogens with one attached hydrogen (secondary N) is 1. The molecule has 0 spiro atoms. The first-order valence-electron chi connectivity index (χ1n) is 4.70. The normalized spacial score (nSPS) is 11.1. The van der Waals surface area contributed by atoms with Gasteiger partial charge in [-0.15, -0.1) is 11.3 Å². The third kappa shape index (κ3) is 2.01. The smallest absolute Gasteiger partial charge is 0.223 e. The van der Waals surface area contributed by atoms with E-state index in [4.69, 9.17) is 0 Å². The van der Waals surface area contributed by atoms with E-state index >= 15 is 0 Å². The van der Waals surface area contributed by atoms with Gasteiger partial charge < -0.3 is 5.32 Å². The van der Waals surface area contributed by atoms with Crippen molar-refractivity contribution in [1.29, 1.82) is 0 Å². The quantitative estimate of drug-likeness (QED) is 0.841. The van der Waals surface area contributed by atoms with Gasteiger partial charge in [-0.2, -0.15) is 0 Å². The van der Waals surface area contributed by atoms with E-state index in [1.54, 1.807) is 11.3 Å². The van der Waals surface area contributed by atoms with Crippen LogP contribution in [0.25, 0.3) is 10.2 Å². The topological polar surface area (TPSA) is 37.8 Å². The lowest BCUT2D eigenvalue weighted by Crippen LogP contribution is -2.10. The fourth-order valence-electron chi connectivity index (χ4n) is 1.15. The molecule has 2 rings (SSSR count). The fourth-order valence-corrected chi connectivity index (χ4v) is 1.84. The molecule has 1 N–H and O–H groups in total. The van der Waals surface area contributed by atoms with Crippen LogP contribution >= 0.6 is 11.3 Å². The molecule has 2 aromatic rings. The summed E-state index contributed by atoms with van der Waals surface area (Å²) < 4.78 is 1.14. The van der Waals surface area contributed by atoms with Crippen molar-refractivity contribution in [3.63, 3.8) is 0 Å². The van der Waals surface area contributed by atoms with E-state index in [1.807, 2.05) is 17.6 Å². The first-order chi connectivity index (χ1) is 6.75. The number of fused-ring (bicyclic) bond motifs is 1. The highest BCUT2D eigenvalue weighted by molar-refractivity contribution is 7.17. The summed E-state index contributed by atoms with van der Waals surface area (Å²) in [6.07, 6.45) is 1.87. The molecule has 0 aliphatic rings. The van der Waals surface area contributed by atoms with Gasteiger partial charge in [-0.3, -0.25) is 0 Å². The first kappa shape index (κ1) is 9.40. The van der Waals surface area contributed by atoms with E-state index in [9.17, 15) is 0 Å². The Labute approximate surface area is 87.2 Å². The summed E-state index contributed by atoms with van der Waals surface area (Å²) in [5, 5.41) is 5.24. The third-order valence-electron chi connectivity index (χ3n) is 1.87. The summed E-state index contributed by atoms with van der Waals surface area (Å²) in [4.78, 5) is 8.63. The lowest BCUT2D eigenvalue weighted by Gasteiger charge is -2.06. The molecule has 0 aliphatic heterocycles. The molecular weight excluding hydrogens is 194 g/mol. The largest absolute Gasteiger partial charge is 0.354 e. The zero-order valence-corrected chi connectivity index (χ0v) is 9.14. The van der Waals surface area contributed by atoms with Crippen LogP contribution in [0.5, 0.6) is 0 Å². The summed E-state index contributed by atoms with van der Waals surface area (Å²) in [6, 6.07) is 2.02. The van der Waals surface area contributed by atoms with Gasteiger partial charge in [0.2, 0.25) is 5.95 Å². The van der Waals surface area contributed by atoms with Crippen LogP contribution < -0.4 is 5.32 Å². The molecule has 0 bridgehead atoms. The molecule has 2 heterocycles. The first-order valence-corrected chi connectivity index (χ1v) is 5.58. The Morgan fingerprint density at radius 3 is 3.14 bits per heavy atom. The fraction of sp³-hybridized carbons (Fsp3) is 0.400. The third-order valence-corrected chi connectivity index (χ3v) is 2.71. The van der Waals surface area contributed by atoms with Crippen molar-refractivity contribution in [3.05, 3.63) is 17.6 Å². The molecule has 0 unspecified atom stereocenters. The summed E-state index contributed by atoms with van der Waals surface area (Å²) in [5.74, 6) is 1.33. The zero-order valence-electron chi connectivity index (χ0n) is 8.32. The van der Waals surface area contributed by atoms with Gasteiger partial charge >= 0.3 is 0 Å². The number of rotatable bonds is 3. The Morgan fingerprint density at radius 2 is 2.36 bits per heavy atom. The molecule has 0 aliphatic carbocycles. The van der Waals surface area contributed by atoms with Crippen LogP contribution in [0.15, 0.2) is 17.6 Å². The molecule has 74 valence electrons. The second-order valence-electron chi connectivity index (χ2n) is 3.64. The van der Waals surface area contributed by atoms with Crippen LogP contribution in [0.3, 0.4) is 0 Å². The van der Waals surface area contributed by atoms with Gasteiger partial charge in [-0.25, -0.2) is 9.97 Å². The molecule has 3 nitrogen and oxygen atoms in total. The van der Waals surface area contributed by atoms with E-state index in [-0.39, 0.29) is 0 Å². The molecule has 2 aromatic heterocycles. The van der Waals surface area contributed by atoms with Gasteiger partial charge in [0.05, 0.1) is 16.4 Å². The van der Waals surface area contributed by atoms with E-state index < -0.39 is 0 Å².